The number of aromatic nitrogens is 7. The van der Waals surface area contributed by atoms with Crippen molar-refractivity contribution in [3.63, 3.8) is 0 Å². The number of carbonyl (C=O) groups is 4. The van der Waals surface area contributed by atoms with Crippen LogP contribution in [0.4, 0.5) is 11.9 Å². The van der Waals surface area contributed by atoms with Gasteiger partial charge >= 0.3 is 5.97 Å². The zero-order valence-electron chi connectivity index (χ0n) is 30.4. The van der Waals surface area contributed by atoms with Crippen LogP contribution in [0.25, 0.3) is 22.2 Å². The number of hydrogen-bond donors (Lipinski definition) is 5. The number of benzene rings is 1. The number of oxazole rings is 2. The topological polar surface area (TPSA) is 269 Å². The van der Waals surface area contributed by atoms with E-state index in [4.69, 9.17) is 19.3 Å². The fraction of sp³-hybridized carbons (Fsp3) is 0.306. The molecular weight excluding hydrogens is 716 g/mol. The van der Waals surface area contributed by atoms with Gasteiger partial charge in [0.1, 0.15) is 16.8 Å². The first-order valence-corrected chi connectivity index (χ1v) is 17.3. The molecule has 5 heterocycles. The molecule has 19 heteroatoms. The standard InChI is InChI=1S/C36H38N10O9/c1-5-22-28(54-18(3)39-22)32(49)43-35-41-24-14-20(30(37)48)16-26(53-13-9-12-47)27(24)45(35)10-7-8-11-46-31-25(15-21(17-38-31)34(51)52)42-36(46)44-33(50)29-23(6-2)40-19(4)55-29/h7-8,14-17,47H,5-6,9-13H2,1-4H3,(H2,37,48)(H,51,52)(H,41,43,49)(H,42,44,50)/b8-7+. The van der Waals surface area contributed by atoms with E-state index in [9.17, 15) is 29.4 Å². The number of pyridine rings is 1. The van der Waals surface area contributed by atoms with Gasteiger partial charge in [0, 0.05) is 51.7 Å². The highest BCUT2D eigenvalue weighted by Crippen LogP contribution is 2.32. The van der Waals surface area contributed by atoms with Gasteiger partial charge in [-0.15, -0.1) is 0 Å². The maximum absolute atomic E-state index is 13.5. The number of carboxylic acids is 1. The van der Waals surface area contributed by atoms with Crippen molar-refractivity contribution in [1.82, 2.24) is 34.1 Å². The number of hydrogen-bond acceptors (Lipinski definition) is 13. The molecule has 0 spiro atoms. The van der Waals surface area contributed by atoms with Gasteiger partial charge in [-0.05, 0) is 31.0 Å². The fourth-order valence-corrected chi connectivity index (χ4v) is 5.85. The van der Waals surface area contributed by atoms with Crippen LogP contribution in [0.15, 0.2) is 45.4 Å². The van der Waals surface area contributed by atoms with Crippen LogP contribution in [0.5, 0.6) is 5.75 Å². The van der Waals surface area contributed by atoms with Crippen LogP contribution in [-0.2, 0) is 25.9 Å². The molecule has 0 saturated heterocycles. The highest BCUT2D eigenvalue weighted by atomic mass is 16.5. The van der Waals surface area contributed by atoms with Gasteiger partial charge in [-0.2, -0.15) is 0 Å². The SMILES string of the molecule is CCc1nc(C)oc1C(=O)Nc1nc2cc(C(=O)O)cnc2n1C/C=C/Cn1c(NC(=O)c2oc(C)nc2CC)nc2cc(C(N)=O)cc(OCCCO)c21. The minimum absolute atomic E-state index is 0.0259. The van der Waals surface area contributed by atoms with E-state index >= 15 is 0 Å². The Bertz CT molecular complexity index is 2470. The predicted octanol–water partition coefficient (Wildman–Crippen LogP) is 3.82. The van der Waals surface area contributed by atoms with E-state index in [1.54, 1.807) is 35.1 Å². The molecular formula is C36H38N10O9. The quantitative estimate of drug-likeness (QED) is 0.0695. The number of ether oxygens (including phenoxy) is 1. The van der Waals surface area contributed by atoms with Gasteiger partial charge in [0.2, 0.25) is 29.3 Å². The van der Waals surface area contributed by atoms with Gasteiger partial charge in [0.25, 0.3) is 11.8 Å². The molecule has 0 aliphatic carbocycles. The molecule has 0 aliphatic rings. The number of anilines is 2. The summed E-state index contributed by atoms with van der Waals surface area (Å²) >= 11 is 0. The van der Waals surface area contributed by atoms with Gasteiger partial charge in [-0.1, -0.05) is 26.0 Å². The van der Waals surface area contributed by atoms with E-state index in [1.165, 1.54) is 24.4 Å². The zero-order valence-corrected chi connectivity index (χ0v) is 30.4. The van der Waals surface area contributed by atoms with E-state index in [-0.39, 0.29) is 72.1 Å². The molecule has 6 aromatic rings. The first kappa shape index (κ1) is 37.9. The lowest BCUT2D eigenvalue weighted by Gasteiger charge is -2.12. The average Bonchev–Trinajstić information content (AvgIpc) is 3.92. The molecule has 0 radical (unpaired) electrons. The Balaban J connectivity index is 1.38. The number of aliphatic hydroxyl groups is 1. The monoisotopic (exact) mass is 754 g/mol. The molecule has 5 aromatic heterocycles. The van der Waals surface area contributed by atoms with Crippen molar-refractivity contribution in [3.8, 4) is 5.75 Å². The number of aromatic carboxylic acids is 1. The Hall–Kier alpha value is -6.89. The number of carboxylic acid groups (broad SMARTS) is 1. The Morgan fingerprint density at radius 2 is 1.40 bits per heavy atom. The number of nitrogens with one attached hydrogen (secondary N) is 2. The lowest BCUT2D eigenvalue weighted by Crippen LogP contribution is -2.17. The second-order valence-corrected chi connectivity index (χ2v) is 12.2. The third-order valence-corrected chi connectivity index (χ3v) is 8.37. The highest BCUT2D eigenvalue weighted by Gasteiger charge is 2.24. The van der Waals surface area contributed by atoms with Crippen molar-refractivity contribution in [2.45, 2.75) is 60.0 Å². The molecule has 6 N–H and O–H groups in total. The van der Waals surface area contributed by atoms with Gasteiger partial charge in [0.05, 0.1) is 29.1 Å². The molecule has 55 heavy (non-hydrogen) atoms. The van der Waals surface area contributed by atoms with Gasteiger partial charge in [-0.25, -0.2) is 29.7 Å². The van der Waals surface area contributed by atoms with Crippen LogP contribution in [0.3, 0.4) is 0 Å². The van der Waals surface area contributed by atoms with Gasteiger partial charge in [-0.3, -0.25) is 29.6 Å². The summed E-state index contributed by atoms with van der Waals surface area (Å²) in [5, 5.41) is 24.5. The maximum atomic E-state index is 13.5. The molecule has 0 aliphatic heterocycles. The van der Waals surface area contributed by atoms with Crippen LogP contribution < -0.4 is 21.1 Å². The number of aryl methyl sites for hydroxylation is 4. The molecule has 19 nitrogen and oxygen atoms in total. The molecule has 6 rings (SSSR count). The number of rotatable bonds is 16. The molecule has 1 aromatic carbocycles. The molecule has 3 amide bonds. The minimum atomic E-state index is -1.19. The maximum Gasteiger partial charge on any atom is 0.337 e. The van der Waals surface area contributed by atoms with Crippen LogP contribution in [0, 0.1) is 13.8 Å². The van der Waals surface area contributed by atoms with E-state index < -0.39 is 23.7 Å². The van der Waals surface area contributed by atoms with E-state index in [0.29, 0.717) is 59.1 Å². The number of nitrogens with zero attached hydrogens (tertiary/aromatic N) is 7. The number of fused-ring (bicyclic) bond motifs is 2. The number of primary amides is 1. The molecule has 0 atom stereocenters. The Labute approximate surface area is 312 Å². The largest absolute Gasteiger partial charge is 0.491 e. The summed E-state index contributed by atoms with van der Waals surface area (Å²) < 4.78 is 20.4. The smallest absolute Gasteiger partial charge is 0.337 e. The van der Waals surface area contributed by atoms with Crippen LogP contribution in [-0.4, -0.2) is 81.2 Å². The lowest BCUT2D eigenvalue weighted by atomic mass is 10.1. The van der Waals surface area contributed by atoms with Crippen LogP contribution in [0.2, 0.25) is 0 Å². The highest BCUT2D eigenvalue weighted by molar-refractivity contribution is 6.04. The Morgan fingerprint density at radius 1 is 0.836 bits per heavy atom. The number of amides is 3. The van der Waals surface area contributed by atoms with E-state index in [1.807, 2.05) is 13.8 Å². The fourth-order valence-electron chi connectivity index (χ4n) is 5.85. The molecule has 0 saturated carbocycles. The molecule has 0 bridgehead atoms. The third-order valence-electron chi connectivity index (χ3n) is 8.37. The first-order chi connectivity index (χ1) is 26.4. The normalized spacial score (nSPS) is 11.5. The lowest BCUT2D eigenvalue weighted by molar-refractivity contribution is 0.0695. The molecule has 286 valence electrons. The second kappa shape index (κ2) is 16.0. The van der Waals surface area contributed by atoms with Crippen molar-refractivity contribution >= 4 is 57.8 Å². The summed E-state index contributed by atoms with van der Waals surface area (Å²) in [6.45, 7) is 7.11. The van der Waals surface area contributed by atoms with E-state index in [0.717, 1.165) is 0 Å². The summed E-state index contributed by atoms with van der Waals surface area (Å²) in [6.07, 6.45) is 5.89. The van der Waals surface area contributed by atoms with Crippen molar-refractivity contribution in [1.29, 1.82) is 0 Å². The van der Waals surface area contributed by atoms with Crippen molar-refractivity contribution < 1.29 is 43.0 Å². The van der Waals surface area contributed by atoms with Gasteiger partial charge < -0.3 is 34.1 Å². The minimum Gasteiger partial charge on any atom is -0.491 e. The summed E-state index contributed by atoms with van der Waals surface area (Å²) in [5.74, 6) is -2.01. The van der Waals surface area contributed by atoms with Crippen molar-refractivity contribution in [2.24, 2.45) is 5.73 Å². The second-order valence-electron chi connectivity index (χ2n) is 12.2. The van der Waals surface area contributed by atoms with Crippen molar-refractivity contribution in [3.05, 3.63) is 82.4 Å². The summed E-state index contributed by atoms with van der Waals surface area (Å²) in [6, 6.07) is 4.29. The first-order valence-electron chi connectivity index (χ1n) is 17.3. The third kappa shape index (κ3) is 7.91. The number of imidazole rings is 2. The Kier molecular flexibility index (Phi) is 11.0. The molecule has 0 unspecified atom stereocenters. The number of nitrogens with two attached hydrogens (primary N) is 1. The van der Waals surface area contributed by atoms with Crippen molar-refractivity contribution in [2.75, 3.05) is 23.8 Å². The van der Waals surface area contributed by atoms with Gasteiger partial charge in [0.15, 0.2) is 17.4 Å². The summed E-state index contributed by atoms with van der Waals surface area (Å²) in [4.78, 5) is 72.7. The number of aliphatic hydroxyl groups excluding tert-OH is 1. The summed E-state index contributed by atoms with van der Waals surface area (Å²) in [7, 11) is 0. The van der Waals surface area contributed by atoms with Crippen LogP contribution >= 0.6 is 0 Å². The number of allylic oxidation sites excluding steroid dienone is 2. The number of carbonyl (C=O) groups excluding carboxylic acids is 3. The van der Waals surface area contributed by atoms with E-state index in [2.05, 4.69) is 35.6 Å². The van der Waals surface area contributed by atoms with Crippen LogP contribution in [0.1, 0.15) is 85.3 Å². The average molecular weight is 755 g/mol. The Morgan fingerprint density at radius 3 is 1.96 bits per heavy atom. The zero-order chi connectivity index (χ0) is 39.4. The predicted molar refractivity (Wildman–Crippen MR) is 196 cm³/mol. The summed E-state index contributed by atoms with van der Waals surface area (Å²) in [5.41, 5.74) is 7.81. The molecule has 0 fully saturated rings.